The van der Waals surface area contributed by atoms with E-state index < -0.39 is 5.97 Å². The van der Waals surface area contributed by atoms with Crippen LogP contribution < -0.4 is 14.8 Å². The van der Waals surface area contributed by atoms with Gasteiger partial charge in [0.1, 0.15) is 6.61 Å². The van der Waals surface area contributed by atoms with E-state index in [4.69, 9.17) is 18.9 Å². The maximum absolute atomic E-state index is 12.4. The first-order valence-electron chi connectivity index (χ1n) is 11.7. The summed E-state index contributed by atoms with van der Waals surface area (Å²) in [6.45, 7) is 5.79. The predicted octanol–water partition coefficient (Wildman–Crippen LogP) is 5.50. The molecule has 7 nitrogen and oxygen atoms in total. The Labute approximate surface area is 202 Å². The molecule has 0 aliphatic rings. The highest BCUT2D eigenvalue weighted by Crippen LogP contribution is 2.29. The van der Waals surface area contributed by atoms with E-state index in [9.17, 15) is 9.59 Å². The Balaban J connectivity index is 1.91. The number of methoxy groups -OCH3 is 1. The highest BCUT2D eigenvalue weighted by atomic mass is 16.6. The van der Waals surface area contributed by atoms with Crippen LogP contribution in [0.15, 0.2) is 48.5 Å². The molecule has 0 saturated heterocycles. The molecule has 0 aromatic heterocycles. The summed E-state index contributed by atoms with van der Waals surface area (Å²) < 4.78 is 21.6. The lowest BCUT2D eigenvalue weighted by Crippen LogP contribution is -2.12. The van der Waals surface area contributed by atoms with Crippen LogP contribution in [0.4, 0.5) is 5.69 Å². The van der Waals surface area contributed by atoms with E-state index in [2.05, 4.69) is 12.2 Å². The monoisotopic (exact) mass is 469 g/mol. The Hall–Kier alpha value is -3.32. The molecule has 34 heavy (non-hydrogen) atoms. The molecule has 2 aromatic carbocycles. The standard InChI is InChI=1S/C27H35NO6/c1-4-6-7-8-16-33-24-14-12-21(19-25(24)31-3)13-15-26(29)28-23-11-9-10-22(20-23)27(30)34-18-17-32-5-2/h9-15,19-20H,4-8,16-18H2,1-3H3,(H,28,29)/b15-13+. The molecule has 1 amide bonds. The van der Waals surface area contributed by atoms with Crippen molar-refractivity contribution in [2.75, 3.05) is 38.9 Å². The van der Waals surface area contributed by atoms with Gasteiger partial charge >= 0.3 is 5.97 Å². The van der Waals surface area contributed by atoms with Crippen molar-refractivity contribution in [1.82, 2.24) is 0 Å². The third kappa shape index (κ3) is 9.67. The fourth-order valence-electron chi connectivity index (χ4n) is 3.12. The maximum Gasteiger partial charge on any atom is 0.338 e. The number of nitrogens with one attached hydrogen (secondary N) is 1. The summed E-state index contributed by atoms with van der Waals surface area (Å²) in [6, 6.07) is 12.1. The molecule has 0 saturated carbocycles. The maximum atomic E-state index is 12.4. The molecule has 0 fully saturated rings. The molecule has 1 N–H and O–H groups in total. The first-order valence-corrected chi connectivity index (χ1v) is 11.7. The van der Waals surface area contributed by atoms with Crippen LogP contribution in [0.1, 0.15) is 55.5 Å². The Morgan fingerprint density at radius 2 is 1.79 bits per heavy atom. The number of hydrogen-bond donors (Lipinski definition) is 1. The molecule has 7 heteroatoms. The second-order valence-corrected chi connectivity index (χ2v) is 7.56. The van der Waals surface area contributed by atoms with Crippen molar-refractivity contribution < 1.29 is 28.5 Å². The van der Waals surface area contributed by atoms with Gasteiger partial charge in [-0.1, -0.05) is 38.3 Å². The van der Waals surface area contributed by atoms with Gasteiger partial charge in [-0.15, -0.1) is 0 Å². The largest absolute Gasteiger partial charge is 0.493 e. The number of hydrogen-bond acceptors (Lipinski definition) is 6. The molecule has 0 spiro atoms. The highest BCUT2D eigenvalue weighted by molar-refractivity contribution is 6.02. The quantitative estimate of drug-likeness (QED) is 0.211. The topological polar surface area (TPSA) is 83.1 Å². The number of esters is 1. The fourth-order valence-corrected chi connectivity index (χ4v) is 3.12. The molecule has 0 aliphatic heterocycles. The molecule has 0 radical (unpaired) electrons. The molecular weight excluding hydrogens is 434 g/mol. The van der Waals surface area contributed by atoms with E-state index in [0.29, 0.717) is 42.6 Å². The van der Waals surface area contributed by atoms with Crippen LogP contribution in [0.2, 0.25) is 0 Å². The summed E-state index contributed by atoms with van der Waals surface area (Å²) >= 11 is 0. The predicted molar refractivity (Wildman–Crippen MR) is 134 cm³/mol. The Morgan fingerprint density at radius 3 is 2.56 bits per heavy atom. The Morgan fingerprint density at radius 1 is 0.941 bits per heavy atom. The lowest BCUT2D eigenvalue weighted by molar-refractivity contribution is -0.111. The van der Waals surface area contributed by atoms with Gasteiger partial charge in [0, 0.05) is 18.4 Å². The lowest BCUT2D eigenvalue weighted by Gasteiger charge is -2.11. The number of amides is 1. The number of benzene rings is 2. The first kappa shape index (κ1) is 26.9. The van der Waals surface area contributed by atoms with Crippen molar-refractivity contribution in [3.63, 3.8) is 0 Å². The van der Waals surface area contributed by atoms with E-state index in [1.807, 2.05) is 25.1 Å². The highest BCUT2D eigenvalue weighted by Gasteiger charge is 2.09. The molecule has 0 atom stereocenters. The number of unbranched alkanes of at least 4 members (excludes halogenated alkanes) is 3. The molecule has 2 rings (SSSR count). The summed E-state index contributed by atoms with van der Waals surface area (Å²) in [5, 5.41) is 2.75. The van der Waals surface area contributed by atoms with Gasteiger partial charge in [0.05, 0.1) is 25.9 Å². The van der Waals surface area contributed by atoms with E-state index >= 15 is 0 Å². The molecule has 0 unspecified atom stereocenters. The molecule has 0 aliphatic carbocycles. The van der Waals surface area contributed by atoms with Crippen molar-refractivity contribution >= 4 is 23.6 Å². The molecule has 0 bridgehead atoms. The van der Waals surface area contributed by atoms with Gasteiger partial charge in [-0.05, 0) is 55.3 Å². The third-order valence-electron chi connectivity index (χ3n) is 4.90. The minimum absolute atomic E-state index is 0.179. The van der Waals surface area contributed by atoms with Crippen molar-refractivity contribution in [2.45, 2.75) is 39.5 Å². The first-order chi connectivity index (χ1) is 16.6. The Bertz CT molecular complexity index is 940. The number of carbonyl (C=O) groups excluding carboxylic acids is 2. The smallest absolute Gasteiger partial charge is 0.338 e. The van der Waals surface area contributed by atoms with Crippen LogP contribution in [-0.4, -0.2) is 45.4 Å². The van der Waals surface area contributed by atoms with Crippen LogP contribution in [0, 0.1) is 0 Å². The van der Waals surface area contributed by atoms with Gasteiger partial charge in [0.25, 0.3) is 0 Å². The molecule has 0 heterocycles. The third-order valence-corrected chi connectivity index (χ3v) is 4.90. The fraction of sp³-hybridized carbons (Fsp3) is 0.407. The zero-order valence-corrected chi connectivity index (χ0v) is 20.3. The van der Waals surface area contributed by atoms with Crippen LogP contribution in [0.25, 0.3) is 6.08 Å². The average Bonchev–Trinajstić information content (AvgIpc) is 2.85. The van der Waals surface area contributed by atoms with E-state index in [1.54, 1.807) is 37.5 Å². The molecular formula is C27H35NO6. The van der Waals surface area contributed by atoms with E-state index in [1.165, 1.54) is 18.9 Å². The lowest BCUT2D eigenvalue weighted by atomic mass is 10.1. The van der Waals surface area contributed by atoms with Crippen molar-refractivity contribution in [1.29, 1.82) is 0 Å². The zero-order valence-electron chi connectivity index (χ0n) is 20.3. The second kappa shape index (κ2) is 15.5. The Kier molecular flexibility index (Phi) is 12.3. The van der Waals surface area contributed by atoms with Crippen LogP contribution in [-0.2, 0) is 14.3 Å². The SMILES string of the molecule is CCCCCCOc1ccc(/C=C/C(=O)Nc2cccc(C(=O)OCCOCC)c2)cc1OC. The summed E-state index contributed by atoms with van der Waals surface area (Å²) in [6.07, 6.45) is 7.65. The van der Waals surface area contributed by atoms with Crippen LogP contribution in [0.5, 0.6) is 11.5 Å². The van der Waals surface area contributed by atoms with E-state index in [-0.39, 0.29) is 12.5 Å². The normalized spacial score (nSPS) is 10.8. The van der Waals surface area contributed by atoms with Crippen molar-refractivity contribution in [3.05, 3.63) is 59.7 Å². The van der Waals surface area contributed by atoms with Crippen molar-refractivity contribution in [2.24, 2.45) is 0 Å². The van der Waals surface area contributed by atoms with Crippen LogP contribution in [0.3, 0.4) is 0 Å². The minimum Gasteiger partial charge on any atom is -0.493 e. The summed E-state index contributed by atoms with van der Waals surface area (Å²) in [5.41, 5.74) is 1.66. The van der Waals surface area contributed by atoms with Gasteiger partial charge in [-0.3, -0.25) is 4.79 Å². The van der Waals surface area contributed by atoms with Gasteiger partial charge in [0.15, 0.2) is 11.5 Å². The van der Waals surface area contributed by atoms with Gasteiger partial charge < -0.3 is 24.3 Å². The number of carbonyl (C=O) groups is 2. The second-order valence-electron chi connectivity index (χ2n) is 7.56. The van der Waals surface area contributed by atoms with Crippen LogP contribution >= 0.6 is 0 Å². The van der Waals surface area contributed by atoms with Gasteiger partial charge in [-0.25, -0.2) is 4.79 Å². The van der Waals surface area contributed by atoms with Gasteiger partial charge in [0.2, 0.25) is 5.91 Å². The zero-order chi connectivity index (χ0) is 24.6. The minimum atomic E-state index is -0.467. The summed E-state index contributed by atoms with van der Waals surface area (Å²) in [7, 11) is 1.59. The number of rotatable bonds is 15. The molecule has 2 aromatic rings. The molecule has 184 valence electrons. The average molecular weight is 470 g/mol. The number of ether oxygens (including phenoxy) is 4. The number of anilines is 1. The summed E-state index contributed by atoms with van der Waals surface area (Å²) in [4.78, 5) is 24.5. The summed E-state index contributed by atoms with van der Waals surface area (Å²) in [5.74, 6) is 0.516. The van der Waals surface area contributed by atoms with Crippen molar-refractivity contribution in [3.8, 4) is 11.5 Å². The van der Waals surface area contributed by atoms with Gasteiger partial charge in [-0.2, -0.15) is 0 Å². The van der Waals surface area contributed by atoms with E-state index in [0.717, 1.165) is 18.4 Å².